The lowest BCUT2D eigenvalue weighted by Gasteiger charge is -2.19. The van der Waals surface area contributed by atoms with Crippen LogP contribution in [0.15, 0.2) is 12.1 Å². The number of carboxylic acid groups (broad SMARTS) is 1. The lowest BCUT2D eigenvalue weighted by atomic mass is 9.90. The molecule has 1 saturated carbocycles. The first kappa shape index (κ1) is 13.7. The van der Waals surface area contributed by atoms with Crippen LogP contribution in [0.2, 0.25) is 0 Å². The van der Waals surface area contributed by atoms with Gasteiger partial charge in [0.15, 0.2) is 11.6 Å². The number of ether oxygens (including phenoxy) is 1. The van der Waals surface area contributed by atoms with Crippen LogP contribution >= 0.6 is 0 Å². The number of benzene rings is 1. The van der Waals surface area contributed by atoms with Crippen LogP contribution < -0.4 is 4.74 Å². The maximum atomic E-state index is 13.8. The number of carbonyl (C=O) groups is 1. The first-order valence-electron chi connectivity index (χ1n) is 5.77. The fourth-order valence-corrected chi connectivity index (χ4v) is 2.32. The predicted octanol–water partition coefficient (Wildman–Crippen LogP) is 3.28. The SMILES string of the molecule is COc1c(F)cc(C(F)F)cc1C1(CC(=O)O)CC1. The van der Waals surface area contributed by atoms with E-state index in [0.717, 1.165) is 12.1 Å². The Hall–Kier alpha value is -1.72. The summed E-state index contributed by atoms with van der Waals surface area (Å²) < 4.78 is 44.1. The smallest absolute Gasteiger partial charge is 0.304 e. The summed E-state index contributed by atoms with van der Waals surface area (Å²) in [6.45, 7) is 0. The van der Waals surface area contributed by atoms with Crippen LogP contribution in [0.3, 0.4) is 0 Å². The average molecular weight is 274 g/mol. The zero-order valence-electron chi connectivity index (χ0n) is 10.3. The molecule has 6 heteroatoms. The highest BCUT2D eigenvalue weighted by molar-refractivity contribution is 5.70. The lowest BCUT2D eigenvalue weighted by molar-refractivity contribution is -0.137. The minimum Gasteiger partial charge on any atom is -0.493 e. The van der Waals surface area contributed by atoms with Gasteiger partial charge in [-0.1, -0.05) is 0 Å². The quantitative estimate of drug-likeness (QED) is 0.896. The standard InChI is InChI=1S/C13H13F3O3/c1-19-11-8(13(2-3-13)6-10(17)18)4-7(12(15)16)5-9(11)14/h4-5,12H,2-3,6H2,1H3,(H,17,18). The molecular weight excluding hydrogens is 261 g/mol. The Kier molecular flexibility index (Phi) is 3.43. The third-order valence-electron chi connectivity index (χ3n) is 3.44. The van der Waals surface area contributed by atoms with E-state index in [1.807, 2.05) is 0 Å². The first-order chi connectivity index (χ1) is 8.89. The molecular formula is C13H13F3O3. The molecule has 1 aliphatic rings. The summed E-state index contributed by atoms with van der Waals surface area (Å²) in [6.07, 6.45) is -1.96. The highest BCUT2D eigenvalue weighted by Crippen LogP contribution is 2.54. The maximum absolute atomic E-state index is 13.8. The van der Waals surface area contributed by atoms with Crippen molar-refractivity contribution in [3.05, 3.63) is 29.1 Å². The Morgan fingerprint density at radius 3 is 2.53 bits per heavy atom. The molecule has 19 heavy (non-hydrogen) atoms. The molecule has 0 radical (unpaired) electrons. The van der Waals surface area contributed by atoms with E-state index in [-0.39, 0.29) is 17.7 Å². The minimum absolute atomic E-state index is 0.136. The Morgan fingerprint density at radius 1 is 1.47 bits per heavy atom. The molecule has 0 aliphatic heterocycles. The summed E-state index contributed by atoms with van der Waals surface area (Å²) >= 11 is 0. The number of aliphatic carboxylic acids is 1. The number of alkyl halides is 2. The third-order valence-corrected chi connectivity index (χ3v) is 3.44. The zero-order chi connectivity index (χ0) is 14.2. The Labute approximate surface area is 108 Å². The molecule has 0 atom stereocenters. The molecule has 1 fully saturated rings. The van der Waals surface area contributed by atoms with Gasteiger partial charge in [0.2, 0.25) is 0 Å². The van der Waals surface area contributed by atoms with E-state index in [1.54, 1.807) is 0 Å². The van der Waals surface area contributed by atoms with Gasteiger partial charge in [0.1, 0.15) is 0 Å². The van der Waals surface area contributed by atoms with Gasteiger partial charge in [-0.3, -0.25) is 4.79 Å². The van der Waals surface area contributed by atoms with E-state index in [4.69, 9.17) is 9.84 Å². The predicted molar refractivity (Wildman–Crippen MR) is 61.1 cm³/mol. The molecule has 0 aromatic heterocycles. The van der Waals surface area contributed by atoms with Crippen molar-refractivity contribution in [2.45, 2.75) is 31.1 Å². The van der Waals surface area contributed by atoms with Crippen LogP contribution in [0.5, 0.6) is 5.75 Å². The van der Waals surface area contributed by atoms with E-state index < -0.39 is 29.2 Å². The second kappa shape index (κ2) is 4.75. The molecule has 2 rings (SSSR count). The van der Waals surface area contributed by atoms with Gasteiger partial charge in [0, 0.05) is 16.5 Å². The van der Waals surface area contributed by atoms with E-state index in [2.05, 4.69) is 0 Å². The number of halogens is 3. The third kappa shape index (κ3) is 2.52. The van der Waals surface area contributed by atoms with Crippen molar-refractivity contribution in [1.82, 2.24) is 0 Å². The highest BCUT2D eigenvalue weighted by Gasteiger charge is 2.48. The summed E-state index contributed by atoms with van der Waals surface area (Å²) in [5.41, 5.74) is -0.999. The summed E-state index contributed by atoms with van der Waals surface area (Å²) in [7, 11) is 1.24. The molecule has 0 heterocycles. The van der Waals surface area contributed by atoms with Crippen LogP contribution in [0.1, 0.15) is 36.8 Å². The van der Waals surface area contributed by atoms with Gasteiger partial charge < -0.3 is 9.84 Å². The van der Waals surface area contributed by atoms with Crippen molar-refractivity contribution in [3.63, 3.8) is 0 Å². The number of hydrogen-bond donors (Lipinski definition) is 1. The molecule has 1 aliphatic carbocycles. The van der Waals surface area contributed by atoms with Crippen LogP contribution in [-0.4, -0.2) is 18.2 Å². The summed E-state index contributed by atoms with van der Waals surface area (Å²) in [5, 5.41) is 8.88. The monoisotopic (exact) mass is 274 g/mol. The zero-order valence-corrected chi connectivity index (χ0v) is 10.3. The summed E-state index contributed by atoms with van der Waals surface area (Å²) in [4.78, 5) is 10.8. The normalized spacial score (nSPS) is 16.5. The van der Waals surface area contributed by atoms with Gasteiger partial charge in [-0.2, -0.15) is 0 Å². The maximum Gasteiger partial charge on any atom is 0.304 e. The van der Waals surface area contributed by atoms with Crippen LogP contribution in [0.25, 0.3) is 0 Å². The topological polar surface area (TPSA) is 46.5 Å². The number of hydrogen-bond acceptors (Lipinski definition) is 2. The fourth-order valence-electron chi connectivity index (χ4n) is 2.32. The molecule has 1 aromatic carbocycles. The van der Waals surface area contributed by atoms with Crippen molar-refractivity contribution in [1.29, 1.82) is 0 Å². The number of carboxylic acids is 1. The largest absolute Gasteiger partial charge is 0.493 e. The molecule has 3 nitrogen and oxygen atoms in total. The highest BCUT2D eigenvalue weighted by atomic mass is 19.3. The van der Waals surface area contributed by atoms with Gasteiger partial charge in [0.05, 0.1) is 13.5 Å². The van der Waals surface area contributed by atoms with Crippen LogP contribution in [-0.2, 0) is 10.2 Å². The van der Waals surface area contributed by atoms with Crippen molar-refractivity contribution >= 4 is 5.97 Å². The first-order valence-corrected chi connectivity index (χ1v) is 5.77. The van der Waals surface area contributed by atoms with Crippen LogP contribution in [0.4, 0.5) is 13.2 Å². The lowest BCUT2D eigenvalue weighted by Crippen LogP contribution is -2.15. The fraction of sp³-hybridized carbons (Fsp3) is 0.462. The van der Waals surface area contributed by atoms with E-state index >= 15 is 0 Å². The van der Waals surface area contributed by atoms with E-state index in [9.17, 15) is 18.0 Å². The van der Waals surface area contributed by atoms with Gasteiger partial charge >= 0.3 is 5.97 Å². The van der Waals surface area contributed by atoms with Crippen molar-refractivity contribution in [3.8, 4) is 5.75 Å². The summed E-state index contributed by atoms with van der Waals surface area (Å²) in [6, 6.07) is 1.88. The Balaban J connectivity index is 2.51. The molecule has 104 valence electrons. The van der Waals surface area contributed by atoms with E-state index in [1.165, 1.54) is 7.11 Å². The number of rotatable bonds is 5. The molecule has 0 unspecified atom stereocenters. The van der Waals surface area contributed by atoms with Crippen LogP contribution in [0, 0.1) is 5.82 Å². The minimum atomic E-state index is -2.81. The molecule has 0 saturated heterocycles. The average Bonchev–Trinajstić information content (AvgIpc) is 3.07. The number of methoxy groups -OCH3 is 1. The second-order valence-corrected chi connectivity index (χ2v) is 4.74. The van der Waals surface area contributed by atoms with Gasteiger partial charge in [-0.25, -0.2) is 13.2 Å². The van der Waals surface area contributed by atoms with Crippen molar-refractivity contribution in [2.24, 2.45) is 0 Å². The Morgan fingerprint density at radius 2 is 2.11 bits per heavy atom. The molecule has 0 amide bonds. The van der Waals surface area contributed by atoms with Gasteiger partial charge in [-0.05, 0) is 25.0 Å². The molecule has 1 aromatic rings. The molecule has 1 N–H and O–H groups in total. The summed E-state index contributed by atoms with van der Waals surface area (Å²) in [5.74, 6) is -2.06. The van der Waals surface area contributed by atoms with E-state index in [0.29, 0.717) is 12.8 Å². The second-order valence-electron chi connectivity index (χ2n) is 4.74. The van der Waals surface area contributed by atoms with Gasteiger partial charge in [-0.15, -0.1) is 0 Å². The molecule has 0 spiro atoms. The molecule has 0 bridgehead atoms. The van der Waals surface area contributed by atoms with Gasteiger partial charge in [0.25, 0.3) is 6.43 Å². The van der Waals surface area contributed by atoms with Crippen molar-refractivity contribution < 1.29 is 27.8 Å². The Bertz CT molecular complexity index is 510. The van der Waals surface area contributed by atoms with Crippen molar-refractivity contribution in [2.75, 3.05) is 7.11 Å².